The summed E-state index contributed by atoms with van der Waals surface area (Å²) < 4.78 is 6.02. The van der Waals surface area contributed by atoms with Crippen molar-refractivity contribution in [3.05, 3.63) is 45.4 Å². The van der Waals surface area contributed by atoms with Crippen LogP contribution in [0.4, 0.5) is 0 Å². The molecule has 0 bridgehead atoms. The molecule has 0 amide bonds. The van der Waals surface area contributed by atoms with Crippen LogP contribution in [0.3, 0.4) is 0 Å². The minimum atomic E-state index is 0.160. The second kappa shape index (κ2) is 6.58. The molecule has 3 rings (SSSR count). The molecule has 1 aliphatic rings. The molecule has 0 spiro atoms. The van der Waals surface area contributed by atoms with E-state index in [0.717, 1.165) is 43.5 Å². The Bertz CT molecular complexity index is 609. The maximum absolute atomic E-state index is 6.19. The van der Waals surface area contributed by atoms with Gasteiger partial charge in [-0.3, -0.25) is 0 Å². The van der Waals surface area contributed by atoms with Crippen LogP contribution in [0, 0.1) is 0 Å². The molecule has 3 nitrogen and oxygen atoms in total. The number of nitrogens with zero attached hydrogens (tertiary/aromatic N) is 1. The second-order valence-electron chi connectivity index (χ2n) is 5.59. The summed E-state index contributed by atoms with van der Waals surface area (Å²) in [5, 5.41) is 3.31. The Labute approximate surface area is 130 Å². The summed E-state index contributed by atoms with van der Waals surface area (Å²) in [7, 11) is 0. The molecule has 0 fully saturated rings. The smallest absolute Gasteiger partial charge is 0.131 e. The lowest BCUT2D eigenvalue weighted by Crippen LogP contribution is -2.18. The highest BCUT2D eigenvalue weighted by Gasteiger charge is 2.19. The average molecular weight is 302 g/mol. The van der Waals surface area contributed by atoms with E-state index in [0.29, 0.717) is 6.61 Å². The monoisotopic (exact) mass is 302 g/mol. The fourth-order valence-electron chi connectivity index (χ4n) is 2.88. The highest BCUT2D eigenvalue weighted by atomic mass is 32.1. The predicted molar refractivity (Wildman–Crippen MR) is 86.7 cm³/mol. The summed E-state index contributed by atoms with van der Waals surface area (Å²) in [4.78, 5) is 4.61. The van der Waals surface area contributed by atoms with Crippen molar-refractivity contribution in [3.8, 4) is 5.75 Å². The number of nitrogens with two attached hydrogens (primary N) is 1. The molecule has 0 radical (unpaired) electrons. The lowest BCUT2D eigenvalue weighted by Gasteiger charge is -2.24. The van der Waals surface area contributed by atoms with Gasteiger partial charge in [-0.1, -0.05) is 19.1 Å². The van der Waals surface area contributed by atoms with E-state index in [4.69, 9.17) is 10.5 Å². The van der Waals surface area contributed by atoms with Crippen LogP contribution >= 0.6 is 11.3 Å². The SMILES string of the molecule is CCCc1nc(COc2cccc3c2CCCC3N)cs1. The van der Waals surface area contributed by atoms with Gasteiger partial charge in [0.1, 0.15) is 12.4 Å². The molecule has 1 aliphatic carbocycles. The summed E-state index contributed by atoms with van der Waals surface area (Å²) >= 11 is 1.73. The number of aryl methyl sites for hydroxylation is 1. The van der Waals surface area contributed by atoms with Crippen molar-refractivity contribution in [1.29, 1.82) is 0 Å². The van der Waals surface area contributed by atoms with E-state index in [2.05, 4.69) is 29.4 Å². The van der Waals surface area contributed by atoms with Crippen LogP contribution in [0.5, 0.6) is 5.75 Å². The molecule has 21 heavy (non-hydrogen) atoms. The zero-order chi connectivity index (χ0) is 14.7. The van der Waals surface area contributed by atoms with Crippen LogP contribution in [0.15, 0.2) is 23.6 Å². The molecule has 1 unspecified atom stereocenters. The molecule has 0 saturated carbocycles. The van der Waals surface area contributed by atoms with Crippen LogP contribution in [0.25, 0.3) is 0 Å². The van der Waals surface area contributed by atoms with Gasteiger partial charge in [-0.05, 0) is 49.3 Å². The van der Waals surface area contributed by atoms with Crippen molar-refractivity contribution in [2.24, 2.45) is 5.73 Å². The molecular formula is C17H22N2OS. The third-order valence-corrected chi connectivity index (χ3v) is 4.91. The first-order valence-electron chi connectivity index (χ1n) is 7.71. The number of fused-ring (bicyclic) bond motifs is 1. The topological polar surface area (TPSA) is 48.1 Å². The summed E-state index contributed by atoms with van der Waals surface area (Å²) in [6.45, 7) is 2.73. The zero-order valence-corrected chi connectivity index (χ0v) is 13.3. The Morgan fingerprint density at radius 2 is 2.33 bits per heavy atom. The van der Waals surface area contributed by atoms with E-state index in [1.807, 2.05) is 6.07 Å². The Morgan fingerprint density at radius 1 is 1.43 bits per heavy atom. The molecule has 2 N–H and O–H groups in total. The minimum absolute atomic E-state index is 0.160. The van der Waals surface area contributed by atoms with Crippen LogP contribution in [-0.2, 0) is 19.4 Å². The van der Waals surface area contributed by atoms with Crippen LogP contribution in [0.1, 0.15) is 54.1 Å². The van der Waals surface area contributed by atoms with Gasteiger partial charge in [-0.25, -0.2) is 4.98 Å². The zero-order valence-electron chi connectivity index (χ0n) is 12.5. The normalized spacial score (nSPS) is 17.5. The van der Waals surface area contributed by atoms with Crippen molar-refractivity contribution < 1.29 is 4.74 Å². The minimum Gasteiger partial charge on any atom is -0.487 e. The van der Waals surface area contributed by atoms with E-state index in [1.54, 1.807) is 11.3 Å². The molecule has 1 aromatic heterocycles. The van der Waals surface area contributed by atoms with Crippen molar-refractivity contribution in [1.82, 2.24) is 4.98 Å². The third-order valence-electron chi connectivity index (χ3n) is 3.95. The largest absolute Gasteiger partial charge is 0.487 e. The number of hydrogen-bond donors (Lipinski definition) is 1. The van der Waals surface area contributed by atoms with E-state index >= 15 is 0 Å². The fourth-order valence-corrected chi connectivity index (χ4v) is 3.77. The Morgan fingerprint density at radius 3 is 3.19 bits per heavy atom. The first-order valence-corrected chi connectivity index (χ1v) is 8.59. The Hall–Kier alpha value is -1.39. The molecule has 112 valence electrons. The average Bonchev–Trinajstić information content (AvgIpc) is 2.94. The number of rotatable bonds is 5. The lowest BCUT2D eigenvalue weighted by atomic mass is 9.87. The maximum Gasteiger partial charge on any atom is 0.131 e. The van der Waals surface area contributed by atoms with Crippen molar-refractivity contribution in [3.63, 3.8) is 0 Å². The van der Waals surface area contributed by atoms with Gasteiger partial charge in [0, 0.05) is 11.4 Å². The summed E-state index contributed by atoms with van der Waals surface area (Å²) in [5.41, 5.74) is 9.77. The van der Waals surface area contributed by atoms with Gasteiger partial charge in [0.15, 0.2) is 0 Å². The van der Waals surface area contributed by atoms with Gasteiger partial charge < -0.3 is 10.5 Å². The first kappa shape index (κ1) is 14.5. The molecular weight excluding hydrogens is 280 g/mol. The number of hydrogen-bond acceptors (Lipinski definition) is 4. The van der Waals surface area contributed by atoms with Crippen molar-refractivity contribution >= 4 is 11.3 Å². The highest BCUT2D eigenvalue weighted by Crippen LogP contribution is 2.34. The molecule has 1 aromatic carbocycles. The van der Waals surface area contributed by atoms with Gasteiger partial charge in [0.2, 0.25) is 0 Å². The van der Waals surface area contributed by atoms with Gasteiger partial charge in [0.05, 0.1) is 10.7 Å². The highest BCUT2D eigenvalue weighted by molar-refractivity contribution is 7.09. The molecule has 1 heterocycles. The van der Waals surface area contributed by atoms with Gasteiger partial charge in [0.25, 0.3) is 0 Å². The quantitative estimate of drug-likeness (QED) is 0.907. The Balaban J connectivity index is 1.71. The summed E-state index contributed by atoms with van der Waals surface area (Å²) in [5.74, 6) is 0.979. The summed E-state index contributed by atoms with van der Waals surface area (Å²) in [6, 6.07) is 6.39. The van der Waals surface area contributed by atoms with Gasteiger partial charge >= 0.3 is 0 Å². The standard InChI is InChI=1S/C17H22N2OS/c1-2-5-17-19-12(11-21-17)10-20-16-9-4-6-13-14(16)7-3-8-15(13)18/h4,6,9,11,15H,2-3,5,7-8,10,18H2,1H3. The molecule has 4 heteroatoms. The van der Waals surface area contributed by atoms with Crippen molar-refractivity contribution in [2.75, 3.05) is 0 Å². The number of ether oxygens (including phenoxy) is 1. The Kier molecular flexibility index (Phi) is 4.56. The number of aromatic nitrogens is 1. The van der Waals surface area contributed by atoms with Crippen molar-refractivity contribution in [2.45, 2.75) is 51.7 Å². The van der Waals surface area contributed by atoms with Crippen LogP contribution in [-0.4, -0.2) is 4.98 Å². The maximum atomic E-state index is 6.19. The lowest BCUT2D eigenvalue weighted by molar-refractivity contribution is 0.296. The number of benzene rings is 1. The van der Waals surface area contributed by atoms with Crippen LogP contribution < -0.4 is 10.5 Å². The fraction of sp³-hybridized carbons (Fsp3) is 0.471. The second-order valence-corrected chi connectivity index (χ2v) is 6.54. The van der Waals surface area contributed by atoms with E-state index in [9.17, 15) is 0 Å². The van der Waals surface area contributed by atoms with Gasteiger partial charge in [-0.2, -0.15) is 0 Å². The third kappa shape index (κ3) is 3.27. The molecule has 0 aliphatic heterocycles. The van der Waals surface area contributed by atoms with Crippen LogP contribution in [0.2, 0.25) is 0 Å². The van der Waals surface area contributed by atoms with E-state index < -0.39 is 0 Å². The van der Waals surface area contributed by atoms with E-state index in [-0.39, 0.29) is 6.04 Å². The van der Waals surface area contributed by atoms with E-state index in [1.165, 1.54) is 16.1 Å². The summed E-state index contributed by atoms with van der Waals surface area (Å²) in [6.07, 6.45) is 5.48. The molecule has 2 aromatic rings. The first-order chi connectivity index (χ1) is 10.3. The predicted octanol–water partition coefficient (Wildman–Crippen LogP) is 4.01. The van der Waals surface area contributed by atoms with Gasteiger partial charge in [-0.15, -0.1) is 11.3 Å². The molecule has 0 saturated heterocycles. The number of thiazole rings is 1. The molecule has 1 atom stereocenters.